The zero-order valence-electron chi connectivity index (χ0n) is 8.25. The van der Waals surface area contributed by atoms with E-state index in [1.807, 2.05) is 0 Å². The highest BCUT2D eigenvalue weighted by Crippen LogP contribution is 2.27. The molecule has 0 radical (unpaired) electrons. The molecule has 0 saturated heterocycles. The fraction of sp³-hybridized carbons (Fsp3) is 0.400. The zero-order valence-corrected chi connectivity index (χ0v) is 9.01. The van der Waals surface area contributed by atoms with Crippen LogP contribution in [0.4, 0.5) is 5.69 Å². The minimum atomic E-state index is -0.881. The van der Waals surface area contributed by atoms with Crippen LogP contribution in [0.3, 0.4) is 0 Å². The second-order valence-corrected chi connectivity index (χ2v) is 4.20. The minimum absolute atomic E-state index is 0.177. The van der Waals surface area contributed by atoms with E-state index in [-0.39, 0.29) is 6.61 Å². The number of hydrogen-bond donors (Lipinski definition) is 2. The summed E-state index contributed by atoms with van der Waals surface area (Å²) in [7, 11) is 0. The molecule has 0 fully saturated rings. The van der Waals surface area contributed by atoms with Gasteiger partial charge in [-0.25, -0.2) is 0 Å². The Balaban J connectivity index is 2.72. The molecule has 1 aromatic carbocycles. The summed E-state index contributed by atoms with van der Waals surface area (Å²) in [4.78, 5) is 0. The molecule has 0 aliphatic carbocycles. The molecule has 3 nitrogen and oxygen atoms in total. The molecule has 0 spiro atoms. The van der Waals surface area contributed by atoms with Gasteiger partial charge in [0.15, 0.2) is 0 Å². The summed E-state index contributed by atoms with van der Waals surface area (Å²) in [5.41, 5.74) is 5.27. The van der Waals surface area contributed by atoms with Crippen molar-refractivity contribution in [2.24, 2.45) is 0 Å². The molecule has 0 aliphatic rings. The van der Waals surface area contributed by atoms with Crippen LogP contribution in [0.5, 0.6) is 5.75 Å². The summed E-state index contributed by atoms with van der Waals surface area (Å²) in [5.74, 6) is 0.494. The summed E-state index contributed by atoms with van der Waals surface area (Å²) < 4.78 is 5.32. The molecular formula is C10H14ClNO2. The minimum Gasteiger partial charge on any atom is -0.489 e. The Hall–Kier alpha value is -0.930. The van der Waals surface area contributed by atoms with Gasteiger partial charge >= 0.3 is 0 Å². The average molecular weight is 216 g/mol. The first-order chi connectivity index (χ1) is 6.38. The lowest BCUT2D eigenvalue weighted by Gasteiger charge is -2.18. The SMILES string of the molecule is CC(C)(O)COc1cc(N)ccc1Cl. The molecule has 0 amide bonds. The molecule has 1 aromatic rings. The van der Waals surface area contributed by atoms with E-state index in [1.165, 1.54) is 0 Å². The number of benzene rings is 1. The standard InChI is InChI=1S/C10H14ClNO2/c1-10(2,13)6-14-9-5-7(12)3-4-8(9)11/h3-5,13H,6,12H2,1-2H3. The van der Waals surface area contributed by atoms with Crippen LogP contribution in [0.1, 0.15) is 13.8 Å². The fourth-order valence-corrected chi connectivity index (χ4v) is 1.06. The molecule has 0 aromatic heterocycles. The lowest BCUT2D eigenvalue weighted by molar-refractivity contribution is 0.0285. The summed E-state index contributed by atoms with van der Waals surface area (Å²) in [5, 5.41) is 9.93. The van der Waals surface area contributed by atoms with Crippen molar-refractivity contribution in [3.8, 4) is 5.75 Å². The molecule has 78 valence electrons. The lowest BCUT2D eigenvalue weighted by atomic mass is 10.2. The second-order valence-electron chi connectivity index (χ2n) is 3.79. The van der Waals surface area contributed by atoms with Gasteiger partial charge in [-0.05, 0) is 26.0 Å². The number of nitrogen functional groups attached to an aromatic ring is 1. The Morgan fingerprint density at radius 2 is 2.14 bits per heavy atom. The molecule has 0 unspecified atom stereocenters. The highest BCUT2D eigenvalue weighted by molar-refractivity contribution is 6.32. The first kappa shape index (κ1) is 11.1. The van der Waals surface area contributed by atoms with Crippen molar-refractivity contribution >= 4 is 17.3 Å². The van der Waals surface area contributed by atoms with Crippen LogP contribution in [0.25, 0.3) is 0 Å². The van der Waals surface area contributed by atoms with E-state index in [4.69, 9.17) is 22.1 Å². The maximum atomic E-state index is 9.44. The smallest absolute Gasteiger partial charge is 0.140 e. The van der Waals surface area contributed by atoms with E-state index < -0.39 is 5.60 Å². The van der Waals surface area contributed by atoms with Crippen LogP contribution in [0.15, 0.2) is 18.2 Å². The molecule has 1 rings (SSSR count). The van der Waals surface area contributed by atoms with E-state index in [2.05, 4.69) is 0 Å². The average Bonchev–Trinajstić information content (AvgIpc) is 2.05. The van der Waals surface area contributed by atoms with Crippen LogP contribution >= 0.6 is 11.6 Å². The van der Waals surface area contributed by atoms with Gasteiger partial charge in [0.05, 0.1) is 10.6 Å². The van der Waals surface area contributed by atoms with Crippen LogP contribution < -0.4 is 10.5 Å². The van der Waals surface area contributed by atoms with Gasteiger partial charge < -0.3 is 15.6 Å². The van der Waals surface area contributed by atoms with Gasteiger partial charge in [0, 0.05) is 11.8 Å². The Bertz CT molecular complexity index is 320. The van der Waals surface area contributed by atoms with Crippen LogP contribution in [-0.2, 0) is 0 Å². The van der Waals surface area contributed by atoms with Crippen molar-refractivity contribution in [3.63, 3.8) is 0 Å². The second kappa shape index (κ2) is 4.07. The molecule has 0 heterocycles. The summed E-state index contributed by atoms with van der Waals surface area (Å²) in [6, 6.07) is 4.99. The maximum Gasteiger partial charge on any atom is 0.140 e. The van der Waals surface area contributed by atoms with Gasteiger partial charge in [0.1, 0.15) is 12.4 Å². The molecule has 4 heteroatoms. The van der Waals surface area contributed by atoms with Crippen molar-refractivity contribution < 1.29 is 9.84 Å². The van der Waals surface area contributed by atoms with Crippen molar-refractivity contribution in [2.75, 3.05) is 12.3 Å². The highest BCUT2D eigenvalue weighted by atomic mass is 35.5. The highest BCUT2D eigenvalue weighted by Gasteiger charge is 2.14. The third-order valence-electron chi connectivity index (χ3n) is 1.54. The normalized spacial score (nSPS) is 11.4. The van der Waals surface area contributed by atoms with Gasteiger partial charge in [-0.3, -0.25) is 0 Å². The van der Waals surface area contributed by atoms with Gasteiger partial charge in [0.25, 0.3) is 0 Å². The van der Waals surface area contributed by atoms with Gasteiger partial charge in [-0.1, -0.05) is 11.6 Å². The largest absolute Gasteiger partial charge is 0.489 e. The van der Waals surface area contributed by atoms with E-state index >= 15 is 0 Å². The van der Waals surface area contributed by atoms with Crippen molar-refractivity contribution in [1.82, 2.24) is 0 Å². The number of rotatable bonds is 3. The fourth-order valence-electron chi connectivity index (χ4n) is 0.885. The first-order valence-corrected chi connectivity index (χ1v) is 4.66. The molecule has 0 bridgehead atoms. The Kier molecular flexibility index (Phi) is 3.24. The summed E-state index contributed by atoms with van der Waals surface area (Å²) in [6.07, 6.45) is 0. The number of halogens is 1. The van der Waals surface area contributed by atoms with Crippen LogP contribution in [0, 0.1) is 0 Å². The van der Waals surface area contributed by atoms with Crippen LogP contribution in [-0.4, -0.2) is 17.3 Å². The number of ether oxygens (including phenoxy) is 1. The predicted molar refractivity (Wildman–Crippen MR) is 57.7 cm³/mol. The van der Waals surface area contributed by atoms with Gasteiger partial charge in [-0.15, -0.1) is 0 Å². The maximum absolute atomic E-state index is 9.44. The van der Waals surface area contributed by atoms with Crippen molar-refractivity contribution in [2.45, 2.75) is 19.4 Å². The Morgan fingerprint density at radius 3 is 2.71 bits per heavy atom. The Morgan fingerprint density at radius 1 is 1.50 bits per heavy atom. The molecule has 0 atom stereocenters. The van der Waals surface area contributed by atoms with Crippen molar-refractivity contribution in [3.05, 3.63) is 23.2 Å². The monoisotopic (exact) mass is 215 g/mol. The van der Waals surface area contributed by atoms with Gasteiger partial charge in [-0.2, -0.15) is 0 Å². The molecule has 0 saturated carbocycles. The summed E-state index contributed by atoms with van der Waals surface area (Å²) >= 11 is 5.86. The molecule has 0 aliphatic heterocycles. The van der Waals surface area contributed by atoms with E-state index in [1.54, 1.807) is 32.0 Å². The zero-order chi connectivity index (χ0) is 10.8. The first-order valence-electron chi connectivity index (χ1n) is 4.29. The van der Waals surface area contributed by atoms with E-state index in [9.17, 15) is 5.11 Å². The van der Waals surface area contributed by atoms with Gasteiger partial charge in [0.2, 0.25) is 0 Å². The number of aliphatic hydroxyl groups is 1. The Labute approximate surface area is 88.4 Å². The lowest BCUT2D eigenvalue weighted by Crippen LogP contribution is -2.27. The number of nitrogens with two attached hydrogens (primary N) is 1. The summed E-state index contributed by atoms with van der Waals surface area (Å²) in [6.45, 7) is 3.50. The predicted octanol–water partition coefficient (Wildman–Crippen LogP) is 2.07. The third kappa shape index (κ3) is 3.44. The van der Waals surface area contributed by atoms with E-state index in [0.717, 1.165) is 0 Å². The molecular weight excluding hydrogens is 202 g/mol. The van der Waals surface area contributed by atoms with Crippen molar-refractivity contribution in [1.29, 1.82) is 0 Å². The van der Waals surface area contributed by atoms with E-state index in [0.29, 0.717) is 16.5 Å². The topological polar surface area (TPSA) is 55.5 Å². The quantitative estimate of drug-likeness (QED) is 0.759. The molecule has 14 heavy (non-hydrogen) atoms. The number of hydrogen-bond acceptors (Lipinski definition) is 3. The number of anilines is 1. The third-order valence-corrected chi connectivity index (χ3v) is 1.85. The van der Waals surface area contributed by atoms with Crippen LogP contribution in [0.2, 0.25) is 5.02 Å². The molecule has 3 N–H and O–H groups in total.